The Kier molecular flexibility index (Phi) is 4.64. The van der Waals surface area contributed by atoms with E-state index in [1.807, 2.05) is 5.38 Å². The average Bonchev–Trinajstić information content (AvgIpc) is 3.33. The molecule has 0 aliphatic heterocycles. The van der Waals surface area contributed by atoms with Crippen LogP contribution in [0, 0.1) is 10.1 Å². The summed E-state index contributed by atoms with van der Waals surface area (Å²) in [5, 5.41) is 26.2. The number of nitro groups is 1. The van der Waals surface area contributed by atoms with Crippen molar-refractivity contribution in [2.75, 3.05) is 6.54 Å². The Morgan fingerprint density at radius 2 is 2.00 bits per heavy atom. The molecule has 2 aromatic heterocycles. The van der Waals surface area contributed by atoms with Crippen LogP contribution in [0.25, 0.3) is 0 Å². The molecule has 128 valence electrons. The molecule has 0 aliphatic rings. The molecule has 1 amide bonds. The molecule has 0 radical (unpaired) electrons. The Balaban J connectivity index is 1.77. The first kappa shape index (κ1) is 16.9. The van der Waals surface area contributed by atoms with Crippen molar-refractivity contribution in [2.45, 2.75) is 5.60 Å². The van der Waals surface area contributed by atoms with E-state index < -0.39 is 16.4 Å². The summed E-state index contributed by atoms with van der Waals surface area (Å²) in [5.74, 6) is -0.129. The first-order chi connectivity index (χ1) is 12.0. The van der Waals surface area contributed by atoms with Gasteiger partial charge in [-0.1, -0.05) is 6.07 Å². The van der Waals surface area contributed by atoms with Crippen molar-refractivity contribution in [1.82, 2.24) is 5.32 Å². The van der Waals surface area contributed by atoms with Crippen LogP contribution in [-0.2, 0) is 5.60 Å². The number of nitrogens with one attached hydrogen (secondary N) is 1. The number of nitrogens with zero attached hydrogens (tertiary/aromatic N) is 1. The number of benzene rings is 1. The fourth-order valence-corrected chi connectivity index (χ4v) is 3.20. The van der Waals surface area contributed by atoms with E-state index in [9.17, 15) is 20.0 Å². The summed E-state index contributed by atoms with van der Waals surface area (Å²) in [6.07, 6.45) is 1.45. The Bertz CT molecular complexity index is 823. The molecule has 1 unspecified atom stereocenters. The highest BCUT2D eigenvalue weighted by atomic mass is 32.1. The molecule has 3 rings (SSSR count). The standard InChI is InChI=1S/C17H14N2O5S/c20-16(12-5-7-13(8-6-12)19(22)23)18-11-17(21,14-3-1-9-24-14)15-4-2-10-25-15/h1-10,21H,11H2,(H,18,20). The minimum Gasteiger partial charge on any atom is -0.466 e. The predicted molar refractivity (Wildman–Crippen MR) is 91.5 cm³/mol. The summed E-state index contributed by atoms with van der Waals surface area (Å²) >= 11 is 1.34. The number of hydrogen-bond acceptors (Lipinski definition) is 6. The third kappa shape index (κ3) is 3.44. The Morgan fingerprint density at radius 3 is 2.56 bits per heavy atom. The number of thiophene rings is 1. The van der Waals surface area contributed by atoms with E-state index in [4.69, 9.17) is 4.42 Å². The lowest BCUT2D eigenvalue weighted by Crippen LogP contribution is -2.41. The summed E-state index contributed by atoms with van der Waals surface area (Å²) in [6, 6.07) is 12.1. The molecule has 0 saturated heterocycles. The van der Waals surface area contributed by atoms with Crippen LogP contribution in [0.5, 0.6) is 0 Å². The summed E-state index contributed by atoms with van der Waals surface area (Å²) in [7, 11) is 0. The molecular weight excluding hydrogens is 344 g/mol. The van der Waals surface area contributed by atoms with Crippen molar-refractivity contribution in [3.8, 4) is 0 Å². The summed E-state index contributed by atoms with van der Waals surface area (Å²) < 4.78 is 5.33. The van der Waals surface area contributed by atoms with Crippen LogP contribution in [0.4, 0.5) is 5.69 Å². The Hall–Kier alpha value is -2.97. The van der Waals surface area contributed by atoms with Crippen LogP contribution in [0.3, 0.4) is 0 Å². The zero-order valence-corrected chi connectivity index (χ0v) is 13.7. The van der Waals surface area contributed by atoms with Gasteiger partial charge in [0, 0.05) is 22.6 Å². The van der Waals surface area contributed by atoms with Gasteiger partial charge in [0.15, 0.2) is 5.60 Å². The number of aliphatic hydroxyl groups is 1. The number of rotatable bonds is 6. The largest absolute Gasteiger partial charge is 0.466 e. The molecule has 0 aliphatic carbocycles. The molecule has 0 bridgehead atoms. The maximum Gasteiger partial charge on any atom is 0.269 e. The molecule has 7 nitrogen and oxygen atoms in total. The van der Waals surface area contributed by atoms with Crippen LogP contribution >= 0.6 is 11.3 Å². The molecule has 1 atom stereocenters. The van der Waals surface area contributed by atoms with Crippen LogP contribution in [0.2, 0.25) is 0 Å². The van der Waals surface area contributed by atoms with Gasteiger partial charge in [-0.15, -0.1) is 11.3 Å². The van der Waals surface area contributed by atoms with E-state index in [0.29, 0.717) is 10.6 Å². The molecule has 2 heterocycles. The van der Waals surface area contributed by atoms with Gasteiger partial charge >= 0.3 is 0 Å². The average molecular weight is 358 g/mol. The number of nitro benzene ring substituents is 1. The second kappa shape index (κ2) is 6.88. The molecule has 25 heavy (non-hydrogen) atoms. The summed E-state index contributed by atoms with van der Waals surface area (Å²) in [6.45, 7) is -0.100. The normalized spacial score (nSPS) is 13.2. The number of amides is 1. The topological polar surface area (TPSA) is 106 Å². The van der Waals surface area contributed by atoms with Gasteiger partial charge in [-0.25, -0.2) is 0 Å². The smallest absolute Gasteiger partial charge is 0.269 e. The summed E-state index contributed by atoms with van der Waals surface area (Å²) in [4.78, 5) is 23.1. The van der Waals surface area contributed by atoms with Crippen molar-refractivity contribution in [2.24, 2.45) is 0 Å². The highest BCUT2D eigenvalue weighted by Crippen LogP contribution is 2.32. The lowest BCUT2D eigenvalue weighted by Gasteiger charge is -2.25. The van der Waals surface area contributed by atoms with Gasteiger partial charge in [-0.2, -0.15) is 0 Å². The lowest BCUT2D eigenvalue weighted by molar-refractivity contribution is -0.384. The van der Waals surface area contributed by atoms with Crippen molar-refractivity contribution in [1.29, 1.82) is 0 Å². The van der Waals surface area contributed by atoms with Gasteiger partial charge in [0.25, 0.3) is 11.6 Å². The van der Waals surface area contributed by atoms with Crippen molar-refractivity contribution < 1.29 is 19.2 Å². The number of carbonyl (C=O) groups is 1. The third-order valence-electron chi connectivity index (χ3n) is 3.70. The molecule has 0 saturated carbocycles. The minimum atomic E-state index is -1.49. The number of carbonyl (C=O) groups excluding carboxylic acids is 1. The fraction of sp³-hybridized carbons (Fsp3) is 0.118. The molecule has 0 fully saturated rings. The van der Waals surface area contributed by atoms with Gasteiger partial charge in [-0.3, -0.25) is 14.9 Å². The van der Waals surface area contributed by atoms with Crippen LogP contribution in [-0.4, -0.2) is 22.5 Å². The van der Waals surface area contributed by atoms with Gasteiger partial charge in [-0.05, 0) is 35.7 Å². The quantitative estimate of drug-likeness (QED) is 0.521. The summed E-state index contributed by atoms with van der Waals surface area (Å²) in [5.41, 5.74) is -1.32. The second-order valence-corrected chi connectivity index (χ2v) is 6.25. The van der Waals surface area contributed by atoms with Gasteiger partial charge < -0.3 is 14.8 Å². The Morgan fingerprint density at radius 1 is 1.24 bits per heavy atom. The van der Waals surface area contributed by atoms with Crippen LogP contribution in [0.1, 0.15) is 21.0 Å². The third-order valence-corrected chi connectivity index (χ3v) is 4.72. The van der Waals surface area contributed by atoms with E-state index in [2.05, 4.69) is 5.32 Å². The first-order valence-corrected chi connectivity index (χ1v) is 8.21. The molecule has 0 spiro atoms. The van der Waals surface area contributed by atoms with Crippen molar-refractivity contribution in [3.05, 3.63) is 86.5 Å². The van der Waals surface area contributed by atoms with E-state index in [1.165, 1.54) is 41.9 Å². The van der Waals surface area contributed by atoms with Gasteiger partial charge in [0.05, 0.1) is 17.7 Å². The highest BCUT2D eigenvalue weighted by molar-refractivity contribution is 7.10. The number of furan rings is 1. The van der Waals surface area contributed by atoms with Gasteiger partial charge in [0.1, 0.15) is 5.76 Å². The van der Waals surface area contributed by atoms with E-state index >= 15 is 0 Å². The van der Waals surface area contributed by atoms with Crippen LogP contribution < -0.4 is 5.32 Å². The highest BCUT2D eigenvalue weighted by Gasteiger charge is 2.36. The van der Waals surface area contributed by atoms with Gasteiger partial charge in [0.2, 0.25) is 0 Å². The molecule has 1 aromatic carbocycles. The zero-order valence-electron chi connectivity index (χ0n) is 12.9. The predicted octanol–water partition coefficient (Wildman–Crippen LogP) is 2.92. The Labute approximate surface area is 146 Å². The minimum absolute atomic E-state index is 0.0952. The van der Waals surface area contributed by atoms with Crippen molar-refractivity contribution in [3.63, 3.8) is 0 Å². The molecule has 8 heteroatoms. The second-order valence-electron chi connectivity index (χ2n) is 5.30. The van der Waals surface area contributed by atoms with E-state index in [-0.39, 0.29) is 17.8 Å². The lowest BCUT2D eigenvalue weighted by atomic mass is 9.98. The number of non-ortho nitro benzene ring substituents is 1. The van der Waals surface area contributed by atoms with E-state index in [0.717, 1.165) is 0 Å². The van der Waals surface area contributed by atoms with Crippen LogP contribution in [0.15, 0.2) is 64.6 Å². The molecular formula is C17H14N2O5S. The number of hydrogen-bond donors (Lipinski definition) is 2. The van der Waals surface area contributed by atoms with E-state index in [1.54, 1.807) is 24.3 Å². The van der Waals surface area contributed by atoms with Crippen molar-refractivity contribution >= 4 is 22.9 Å². The monoisotopic (exact) mass is 358 g/mol. The fourth-order valence-electron chi connectivity index (χ4n) is 2.37. The molecule has 2 N–H and O–H groups in total. The first-order valence-electron chi connectivity index (χ1n) is 7.34. The molecule has 3 aromatic rings. The zero-order chi connectivity index (χ0) is 17.9. The maximum atomic E-state index is 12.3. The SMILES string of the molecule is O=C(NCC(O)(c1ccco1)c1cccs1)c1ccc([N+](=O)[O-])cc1. The maximum absolute atomic E-state index is 12.3.